The Balaban J connectivity index is 1.41. The highest BCUT2D eigenvalue weighted by Gasteiger charge is 2.47. The van der Waals surface area contributed by atoms with E-state index in [1.54, 1.807) is 12.0 Å². The molecule has 148 valence electrons. The van der Waals surface area contributed by atoms with Crippen LogP contribution in [0.4, 0.5) is 0 Å². The highest BCUT2D eigenvalue weighted by atomic mass is 16.5. The van der Waals surface area contributed by atoms with Gasteiger partial charge in [0.2, 0.25) is 11.8 Å². The van der Waals surface area contributed by atoms with Crippen LogP contribution in [0, 0.1) is 12.8 Å². The molecule has 2 bridgehead atoms. The summed E-state index contributed by atoms with van der Waals surface area (Å²) >= 11 is 0. The Morgan fingerprint density at radius 2 is 2.18 bits per heavy atom. The van der Waals surface area contributed by atoms with Crippen LogP contribution < -0.4 is 0 Å². The fraction of sp³-hybridized carbons (Fsp3) is 0.600. The number of carbonyl (C=O) groups excluding carboxylic acids is 2. The van der Waals surface area contributed by atoms with E-state index >= 15 is 0 Å². The van der Waals surface area contributed by atoms with E-state index in [-0.39, 0.29) is 29.8 Å². The highest BCUT2D eigenvalue weighted by molar-refractivity contribution is 5.90. The summed E-state index contributed by atoms with van der Waals surface area (Å²) in [6.45, 7) is 3.52. The smallest absolute Gasteiger partial charge is 0.228 e. The second-order valence-electron chi connectivity index (χ2n) is 8.15. The Morgan fingerprint density at radius 3 is 3.00 bits per heavy atom. The molecule has 0 aliphatic carbocycles. The van der Waals surface area contributed by atoms with Gasteiger partial charge in [0.1, 0.15) is 0 Å². The van der Waals surface area contributed by atoms with Gasteiger partial charge in [-0.3, -0.25) is 9.59 Å². The number of amides is 2. The average molecular weight is 383 g/mol. The summed E-state index contributed by atoms with van der Waals surface area (Å²) in [5.41, 5.74) is 4.11. The lowest BCUT2D eigenvalue weighted by Gasteiger charge is -2.37. The Morgan fingerprint density at radius 1 is 1.32 bits per heavy atom. The minimum atomic E-state index is -0.252. The Hall–Kier alpha value is -2.48. The summed E-state index contributed by atoms with van der Waals surface area (Å²) in [5, 5.41) is 4.61. The first-order chi connectivity index (χ1) is 13.6. The number of hydrogen-bond donors (Lipinski definition) is 0. The predicted molar refractivity (Wildman–Crippen MR) is 101 cm³/mol. The van der Waals surface area contributed by atoms with Crippen LogP contribution in [0.5, 0.6) is 0 Å². The first-order valence-electron chi connectivity index (χ1n) is 10.00. The van der Waals surface area contributed by atoms with E-state index < -0.39 is 0 Å². The molecule has 2 aromatic rings. The second kappa shape index (κ2) is 6.55. The molecule has 0 spiro atoms. The fourth-order valence-electron chi connectivity index (χ4n) is 5.10. The molecule has 0 aromatic carbocycles. The lowest BCUT2D eigenvalue weighted by atomic mass is 9.96. The molecular formula is C20H25N5O3. The number of carbonyl (C=O) groups is 2. The van der Waals surface area contributed by atoms with Gasteiger partial charge in [0.15, 0.2) is 5.65 Å². The summed E-state index contributed by atoms with van der Waals surface area (Å²) in [5.74, 6) is -0.0867. The molecule has 3 aliphatic heterocycles. The molecular weight excluding hydrogens is 358 g/mol. The second-order valence-corrected chi connectivity index (χ2v) is 8.15. The van der Waals surface area contributed by atoms with Crippen LogP contribution in [0.3, 0.4) is 0 Å². The van der Waals surface area contributed by atoms with Gasteiger partial charge in [-0.05, 0) is 19.8 Å². The summed E-state index contributed by atoms with van der Waals surface area (Å²) in [4.78, 5) is 34.0. The van der Waals surface area contributed by atoms with Gasteiger partial charge in [-0.1, -0.05) is 0 Å². The van der Waals surface area contributed by atoms with Crippen LogP contribution >= 0.6 is 0 Å². The third-order valence-corrected chi connectivity index (χ3v) is 6.41. The van der Waals surface area contributed by atoms with Crippen molar-refractivity contribution >= 4 is 17.5 Å². The van der Waals surface area contributed by atoms with Crippen LogP contribution in [0.1, 0.15) is 42.3 Å². The van der Waals surface area contributed by atoms with Gasteiger partial charge in [-0.2, -0.15) is 5.10 Å². The normalized spacial score (nSPS) is 26.4. The Kier molecular flexibility index (Phi) is 4.12. The number of ether oxygens (including phenoxy) is 1. The average Bonchev–Trinajstić information content (AvgIpc) is 3.33. The zero-order chi connectivity index (χ0) is 19.4. The molecule has 2 aromatic heterocycles. The maximum Gasteiger partial charge on any atom is 0.228 e. The fourth-order valence-corrected chi connectivity index (χ4v) is 5.10. The van der Waals surface area contributed by atoms with Crippen molar-refractivity contribution in [3.05, 3.63) is 29.2 Å². The molecule has 0 radical (unpaired) electrons. The molecule has 3 atom stereocenters. The largest absolute Gasteiger partial charge is 0.383 e. The van der Waals surface area contributed by atoms with Crippen LogP contribution in [0.15, 0.2) is 12.3 Å². The Labute approximate surface area is 163 Å². The first kappa shape index (κ1) is 17.6. The van der Waals surface area contributed by atoms with Crippen molar-refractivity contribution in [2.75, 3.05) is 26.8 Å². The summed E-state index contributed by atoms with van der Waals surface area (Å²) in [6, 6.07) is 2.22. The van der Waals surface area contributed by atoms with E-state index in [0.717, 1.165) is 36.2 Å². The molecule has 0 unspecified atom stereocenters. The summed E-state index contributed by atoms with van der Waals surface area (Å²) < 4.78 is 7.03. The van der Waals surface area contributed by atoms with Crippen LogP contribution in [0.2, 0.25) is 0 Å². The topological polar surface area (TPSA) is 80.0 Å². The molecule has 2 saturated heterocycles. The third-order valence-electron chi connectivity index (χ3n) is 6.41. The van der Waals surface area contributed by atoms with Crippen molar-refractivity contribution in [3.63, 3.8) is 0 Å². The molecule has 0 saturated carbocycles. The highest BCUT2D eigenvalue weighted by Crippen LogP contribution is 2.44. The van der Waals surface area contributed by atoms with Gasteiger partial charge in [0.25, 0.3) is 0 Å². The van der Waals surface area contributed by atoms with Gasteiger partial charge in [-0.15, -0.1) is 0 Å². The number of methoxy groups -OCH3 is 1. The van der Waals surface area contributed by atoms with E-state index in [4.69, 9.17) is 4.74 Å². The minimum absolute atomic E-state index is 0.0470. The van der Waals surface area contributed by atoms with Crippen molar-refractivity contribution in [1.82, 2.24) is 24.4 Å². The van der Waals surface area contributed by atoms with E-state index in [9.17, 15) is 9.59 Å². The summed E-state index contributed by atoms with van der Waals surface area (Å²) in [7, 11) is 1.62. The van der Waals surface area contributed by atoms with Crippen LogP contribution in [0.25, 0.3) is 5.65 Å². The zero-order valence-electron chi connectivity index (χ0n) is 16.3. The molecule has 5 rings (SSSR count). The molecule has 0 N–H and O–H groups in total. The SMILES string of the molecule is COCCN1C[C@H](C(=O)N2[C@@H]3CC[C@@H]2c2cnc4cc(C)nn4c2C3)CC1=O. The molecule has 28 heavy (non-hydrogen) atoms. The standard InChI is InChI=1S/C20H25N5O3/c1-12-7-18-21-10-15-16-4-3-14(9-17(15)25(18)22-12)24(16)20(27)13-8-19(26)23(11-13)5-6-28-2/h7,10,13-14,16H,3-6,8-9,11H2,1-2H3/t13-,14-,16-/m1/s1. The van der Waals surface area contributed by atoms with Crippen LogP contribution in [-0.4, -0.2) is 69.1 Å². The molecule has 2 fully saturated rings. The maximum atomic E-state index is 13.4. The lowest BCUT2D eigenvalue weighted by molar-refractivity contribution is -0.139. The van der Waals surface area contributed by atoms with E-state index in [1.165, 1.54) is 5.69 Å². The van der Waals surface area contributed by atoms with Gasteiger partial charge in [0, 0.05) is 56.9 Å². The lowest BCUT2D eigenvalue weighted by Crippen LogP contribution is -2.46. The van der Waals surface area contributed by atoms with Gasteiger partial charge in [0.05, 0.1) is 30.0 Å². The first-order valence-corrected chi connectivity index (χ1v) is 10.00. The van der Waals surface area contributed by atoms with E-state index in [2.05, 4.69) is 10.1 Å². The zero-order valence-corrected chi connectivity index (χ0v) is 16.3. The van der Waals surface area contributed by atoms with Crippen molar-refractivity contribution in [2.45, 2.75) is 44.7 Å². The van der Waals surface area contributed by atoms with E-state index in [1.807, 2.05) is 28.6 Å². The Bertz CT molecular complexity index is 955. The number of aromatic nitrogens is 3. The molecule has 3 aliphatic rings. The number of likely N-dealkylation sites (tertiary alicyclic amines) is 1. The number of aryl methyl sites for hydroxylation is 1. The van der Waals surface area contributed by atoms with Gasteiger partial charge >= 0.3 is 0 Å². The van der Waals surface area contributed by atoms with Crippen molar-refractivity contribution < 1.29 is 14.3 Å². The minimum Gasteiger partial charge on any atom is -0.383 e. The molecule has 8 nitrogen and oxygen atoms in total. The molecule has 5 heterocycles. The molecule has 2 amide bonds. The maximum absolute atomic E-state index is 13.4. The predicted octanol–water partition coefficient (Wildman–Crippen LogP) is 1.12. The number of hydrogen-bond acceptors (Lipinski definition) is 5. The summed E-state index contributed by atoms with van der Waals surface area (Å²) in [6.07, 6.45) is 4.96. The molecule has 8 heteroatoms. The number of nitrogens with zero attached hydrogens (tertiary/aromatic N) is 5. The third kappa shape index (κ3) is 2.62. The van der Waals surface area contributed by atoms with Crippen molar-refractivity contribution in [1.29, 1.82) is 0 Å². The van der Waals surface area contributed by atoms with E-state index in [0.29, 0.717) is 26.1 Å². The monoisotopic (exact) mass is 383 g/mol. The van der Waals surface area contributed by atoms with Gasteiger partial charge in [-0.25, -0.2) is 9.50 Å². The van der Waals surface area contributed by atoms with Crippen molar-refractivity contribution in [2.24, 2.45) is 5.92 Å². The van der Waals surface area contributed by atoms with Gasteiger partial charge < -0.3 is 14.5 Å². The number of fused-ring (bicyclic) bond motifs is 6. The number of rotatable bonds is 4. The quantitative estimate of drug-likeness (QED) is 0.791. The van der Waals surface area contributed by atoms with Crippen LogP contribution in [-0.2, 0) is 20.7 Å². The van der Waals surface area contributed by atoms with Crippen molar-refractivity contribution in [3.8, 4) is 0 Å².